The van der Waals surface area contributed by atoms with E-state index in [2.05, 4.69) is 9.71 Å². The van der Waals surface area contributed by atoms with Crippen molar-refractivity contribution in [3.8, 4) is 0 Å². The largest absolute Gasteiger partial charge is 0.393 e. The van der Waals surface area contributed by atoms with E-state index >= 15 is 0 Å². The minimum Gasteiger partial charge on any atom is -0.393 e. The summed E-state index contributed by atoms with van der Waals surface area (Å²) in [5, 5.41) is 9.77. The molecular formula is C12H17FN2O3S. The van der Waals surface area contributed by atoms with Gasteiger partial charge in [0.1, 0.15) is 10.7 Å². The fourth-order valence-corrected chi connectivity index (χ4v) is 3.33. The number of aliphatic hydroxyl groups is 1. The first kappa shape index (κ1) is 14.4. The molecule has 2 rings (SSSR count). The van der Waals surface area contributed by atoms with Gasteiger partial charge < -0.3 is 5.11 Å². The molecule has 1 aromatic rings. The molecule has 2 unspecified atom stereocenters. The van der Waals surface area contributed by atoms with E-state index < -0.39 is 21.9 Å². The van der Waals surface area contributed by atoms with E-state index in [9.17, 15) is 17.9 Å². The Bertz CT molecular complexity index is 536. The monoisotopic (exact) mass is 288 g/mol. The van der Waals surface area contributed by atoms with Crippen LogP contribution in [-0.4, -0.2) is 31.2 Å². The van der Waals surface area contributed by atoms with Crippen LogP contribution in [-0.2, 0) is 10.0 Å². The molecule has 0 amide bonds. The van der Waals surface area contributed by atoms with Crippen LogP contribution < -0.4 is 4.72 Å². The van der Waals surface area contributed by atoms with Gasteiger partial charge in [0.2, 0.25) is 10.0 Å². The van der Waals surface area contributed by atoms with Crippen LogP contribution in [0.15, 0.2) is 23.4 Å². The SMILES string of the molecule is O=S(=O)(NCC1CCCCC1O)c1cncc(F)c1. The smallest absolute Gasteiger partial charge is 0.242 e. The van der Waals surface area contributed by atoms with Gasteiger partial charge in [0.05, 0.1) is 12.3 Å². The number of rotatable bonds is 4. The Hall–Kier alpha value is -1.05. The Morgan fingerprint density at radius 1 is 1.37 bits per heavy atom. The number of aliphatic hydroxyl groups excluding tert-OH is 1. The summed E-state index contributed by atoms with van der Waals surface area (Å²) in [6.45, 7) is 0.167. The number of nitrogens with zero attached hydrogens (tertiary/aromatic N) is 1. The van der Waals surface area contributed by atoms with Crippen LogP contribution in [0.4, 0.5) is 4.39 Å². The van der Waals surface area contributed by atoms with E-state index in [1.54, 1.807) is 0 Å². The van der Waals surface area contributed by atoms with Crippen molar-refractivity contribution in [2.75, 3.05) is 6.54 Å². The number of hydrogen-bond donors (Lipinski definition) is 2. The van der Waals surface area contributed by atoms with Crippen LogP contribution in [0.1, 0.15) is 25.7 Å². The summed E-state index contributed by atoms with van der Waals surface area (Å²) in [5.41, 5.74) is 0. The highest BCUT2D eigenvalue weighted by atomic mass is 32.2. The van der Waals surface area contributed by atoms with E-state index in [-0.39, 0.29) is 17.4 Å². The van der Waals surface area contributed by atoms with Crippen molar-refractivity contribution in [3.63, 3.8) is 0 Å². The van der Waals surface area contributed by atoms with Gasteiger partial charge in [0, 0.05) is 12.7 Å². The van der Waals surface area contributed by atoms with E-state index in [4.69, 9.17) is 0 Å². The Morgan fingerprint density at radius 3 is 2.79 bits per heavy atom. The van der Waals surface area contributed by atoms with E-state index in [1.165, 1.54) is 0 Å². The van der Waals surface area contributed by atoms with Crippen molar-refractivity contribution in [2.45, 2.75) is 36.7 Å². The van der Waals surface area contributed by atoms with E-state index in [0.717, 1.165) is 37.7 Å². The highest BCUT2D eigenvalue weighted by Crippen LogP contribution is 2.24. The summed E-state index contributed by atoms with van der Waals surface area (Å²) < 4.78 is 39.2. The number of pyridine rings is 1. The van der Waals surface area contributed by atoms with Crippen LogP contribution >= 0.6 is 0 Å². The maximum atomic E-state index is 13.0. The molecule has 1 heterocycles. The Kier molecular flexibility index (Phi) is 4.49. The lowest BCUT2D eigenvalue weighted by Crippen LogP contribution is -2.36. The molecule has 7 heteroatoms. The number of nitrogens with one attached hydrogen (secondary N) is 1. The summed E-state index contributed by atoms with van der Waals surface area (Å²) in [5.74, 6) is -0.773. The second kappa shape index (κ2) is 5.94. The van der Waals surface area contributed by atoms with Gasteiger partial charge in [-0.25, -0.2) is 17.5 Å². The second-order valence-electron chi connectivity index (χ2n) is 4.80. The summed E-state index contributed by atoms with van der Waals surface area (Å²) in [6.07, 6.45) is 5.04. The number of hydrogen-bond acceptors (Lipinski definition) is 4. The maximum absolute atomic E-state index is 13.0. The number of sulfonamides is 1. The fourth-order valence-electron chi connectivity index (χ4n) is 2.27. The molecule has 0 aromatic carbocycles. The van der Waals surface area contributed by atoms with Gasteiger partial charge in [0.25, 0.3) is 0 Å². The van der Waals surface area contributed by atoms with Gasteiger partial charge in [-0.3, -0.25) is 4.98 Å². The topological polar surface area (TPSA) is 79.3 Å². The molecule has 1 aromatic heterocycles. The van der Waals surface area contributed by atoms with Crippen molar-refractivity contribution >= 4 is 10.0 Å². The Balaban J connectivity index is 2.01. The fraction of sp³-hybridized carbons (Fsp3) is 0.583. The predicted octanol–water partition coefficient (Wildman–Crippen LogP) is 1.05. The highest BCUT2D eigenvalue weighted by Gasteiger charge is 2.25. The summed E-state index contributed by atoms with van der Waals surface area (Å²) in [4.78, 5) is 3.32. The van der Waals surface area contributed by atoms with Gasteiger partial charge in [0.15, 0.2) is 0 Å². The minimum atomic E-state index is -3.77. The molecular weight excluding hydrogens is 271 g/mol. The lowest BCUT2D eigenvalue weighted by molar-refractivity contribution is 0.0724. The summed E-state index contributed by atoms with van der Waals surface area (Å²) in [7, 11) is -3.77. The molecule has 0 aliphatic heterocycles. The van der Waals surface area contributed by atoms with Gasteiger partial charge in [-0.2, -0.15) is 0 Å². The van der Waals surface area contributed by atoms with E-state index in [0.29, 0.717) is 6.42 Å². The quantitative estimate of drug-likeness (QED) is 0.868. The van der Waals surface area contributed by atoms with Crippen molar-refractivity contribution in [1.29, 1.82) is 0 Å². The lowest BCUT2D eigenvalue weighted by atomic mass is 9.87. The van der Waals surface area contributed by atoms with Gasteiger partial charge in [-0.1, -0.05) is 12.8 Å². The van der Waals surface area contributed by atoms with Crippen LogP contribution in [0.2, 0.25) is 0 Å². The molecule has 2 atom stereocenters. The normalized spacial score (nSPS) is 24.3. The molecule has 5 nitrogen and oxygen atoms in total. The average Bonchev–Trinajstić information content (AvgIpc) is 2.38. The third-order valence-corrected chi connectivity index (χ3v) is 4.79. The van der Waals surface area contributed by atoms with Crippen molar-refractivity contribution in [2.24, 2.45) is 5.92 Å². The molecule has 1 fully saturated rings. The average molecular weight is 288 g/mol. The first-order chi connectivity index (χ1) is 8.99. The van der Waals surface area contributed by atoms with Crippen LogP contribution in [0.3, 0.4) is 0 Å². The van der Waals surface area contributed by atoms with E-state index in [1.807, 2.05) is 0 Å². The summed E-state index contributed by atoms with van der Waals surface area (Å²) in [6, 6.07) is 0.923. The zero-order chi connectivity index (χ0) is 13.9. The number of halogens is 1. The van der Waals surface area contributed by atoms with Crippen molar-refractivity contribution in [1.82, 2.24) is 9.71 Å². The third kappa shape index (κ3) is 3.71. The first-order valence-electron chi connectivity index (χ1n) is 6.27. The summed E-state index contributed by atoms with van der Waals surface area (Å²) >= 11 is 0. The standard InChI is InChI=1S/C12H17FN2O3S/c13-10-5-11(8-14-7-10)19(17,18)15-6-9-3-1-2-4-12(9)16/h5,7-9,12,15-16H,1-4,6H2. The molecule has 0 bridgehead atoms. The zero-order valence-electron chi connectivity index (χ0n) is 10.4. The van der Waals surface area contributed by atoms with Gasteiger partial charge in [-0.05, 0) is 24.8 Å². The predicted molar refractivity (Wildman–Crippen MR) is 67.3 cm³/mol. The molecule has 0 saturated heterocycles. The molecule has 0 radical (unpaired) electrons. The molecule has 106 valence electrons. The Labute approximate surface area is 111 Å². The number of aromatic nitrogens is 1. The molecule has 2 N–H and O–H groups in total. The minimum absolute atomic E-state index is 0.0787. The molecule has 1 saturated carbocycles. The molecule has 0 spiro atoms. The highest BCUT2D eigenvalue weighted by molar-refractivity contribution is 7.89. The van der Waals surface area contributed by atoms with Crippen molar-refractivity contribution < 1.29 is 17.9 Å². The van der Waals surface area contributed by atoms with Gasteiger partial charge in [-0.15, -0.1) is 0 Å². The lowest BCUT2D eigenvalue weighted by Gasteiger charge is -2.27. The van der Waals surface area contributed by atoms with Crippen LogP contribution in [0, 0.1) is 11.7 Å². The van der Waals surface area contributed by atoms with Crippen LogP contribution in [0.5, 0.6) is 0 Å². The molecule has 1 aliphatic carbocycles. The van der Waals surface area contributed by atoms with Crippen molar-refractivity contribution in [3.05, 3.63) is 24.3 Å². The maximum Gasteiger partial charge on any atom is 0.242 e. The molecule has 19 heavy (non-hydrogen) atoms. The Morgan fingerprint density at radius 2 is 2.11 bits per heavy atom. The van der Waals surface area contributed by atoms with Crippen LogP contribution in [0.25, 0.3) is 0 Å². The first-order valence-corrected chi connectivity index (χ1v) is 7.75. The third-order valence-electron chi connectivity index (χ3n) is 3.39. The second-order valence-corrected chi connectivity index (χ2v) is 6.57. The van der Waals surface area contributed by atoms with Gasteiger partial charge >= 0.3 is 0 Å². The molecule has 1 aliphatic rings. The zero-order valence-corrected chi connectivity index (χ0v) is 11.2.